The number of ether oxygens (including phenoxy) is 1. The summed E-state index contributed by atoms with van der Waals surface area (Å²) in [6, 6.07) is 12.2. The van der Waals surface area contributed by atoms with Crippen molar-refractivity contribution in [1.29, 1.82) is 0 Å². The van der Waals surface area contributed by atoms with Gasteiger partial charge in [0.2, 0.25) is 0 Å². The van der Waals surface area contributed by atoms with Gasteiger partial charge in [-0.25, -0.2) is 9.18 Å². The zero-order chi connectivity index (χ0) is 21.4. The van der Waals surface area contributed by atoms with E-state index in [0.29, 0.717) is 5.56 Å². The summed E-state index contributed by atoms with van der Waals surface area (Å²) in [7, 11) is 0. The number of nitrogens with zero attached hydrogens (tertiary/aromatic N) is 1. The van der Waals surface area contributed by atoms with Crippen LogP contribution in [0.4, 0.5) is 4.39 Å². The lowest BCUT2D eigenvalue weighted by Crippen LogP contribution is -2.25. The van der Waals surface area contributed by atoms with Gasteiger partial charge in [0.1, 0.15) is 11.2 Å². The molecule has 0 saturated heterocycles. The Kier molecular flexibility index (Phi) is 4.83. The predicted octanol–water partition coefficient (Wildman–Crippen LogP) is 3.39. The highest BCUT2D eigenvalue weighted by molar-refractivity contribution is 6.10. The smallest absolute Gasteiger partial charge is 0.358 e. The summed E-state index contributed by atoms with van der Waals surface area (Å²) in [5, 5.41) is 10.6. The Morgan fingerprint density at radius 2 is 1.90 bits per heavy atom. The van der Waals surface area contributed by atoms with E-state index < -0.39 is 23.1 Å². The Bertz CT molecular complexity index is 1360. The van der Waals surface area contributed by atoms with Crippen LogP contribution in [-0.2, 0) is 11.3 Å². The van der Waals surface area contributed by atoms with Gasteiger partial charge in [-0.1, -0.05) is 30.3 Å². The molecule has 0 saturated carbocycles. The number of halogens is 1. The van der Waals surface area contributed by atoms with Crippen LogP contribution in [0.5, 0.6) is 5.75 Å². The summed E-state index contributed by atoms with van der Waals surface area (Å²) >= 11 is 0. The number of pyridine rings is 1. The molecule has 2 heterocycles. The molecule has 7 nitrogen and oxygen atoms in total. The molecule has 0 radical (unpaired) electrons. The zero-order valence-corrected chi connectivity index (χ0v) is 15.9. The van der Waals surface area contributed by atoms with Gasteiger partial charge in [0.05, 0.1) is 24.2 Å². The number of esters is 1. The Morgan fingerprint density at radius 1 is 1.17 bits per heavy atom. The number of nitrogens with one attached hydrogen (secondary N) is 1. The number of aromatic nitrogens is 2. The third-order valence-electron chi connectivity index (χ3n) is 4.83. The van der Waals surface area contributed by atoms with Gasteiger partial charge < -0.3 is 14.8 Å². The average Bonchev–Trinajstić information content (AvgIpc) is 3.09. The molecular formula is C22H17FN2O5. The maximum atomic E-state index is 14.0. The van der Waals surface area contributed by atoms with Crippen LogP contribution in [0.15, 0.2) is 53.3 Å². The number of carbonyl (C=O) groups is 2. The van der Waals surface area contributed by atoms with Gasteiger partial charge in [-0.3, -0.25) is 14.2 Å². The highest BCUT2D eigenvalue weighted by atomic mass is 19.1. The predicted molar refractivity (Wildman–Crippen MR) is 108 cm³/mol. The maximum Gasteiger partial charge on any atom is 0.358 e. The Morgan fingerprint density at radius 3 is 2.60 bits per heavy atom. The Labute approximate surface area is 169 Å². The van der Waals surface area contributed by atoms with Crippen LogP contribution < -0.4 is 5.56 Å². The van der Waals surface area contributed by atoms with E-state index in [1.54, 1.807) is 37.3 Å². The maximum absolute atomic E-state index is 14.0. The van der Waals surface area contributed by atoms with E-state index in [0.717, 1.165) is 4.57 Å². The topological polar surface area (TPSA) is 101 Å². The fraction of sp³-hybridized carbons (Fsp3) is 0.136. The number of benzene rings is 2. The molecule has 0 atom stereocenters. The molecule has 2 N–H and O–H groups in total. The van der Waals surface area contributed by atoms with E-state index >= 15 is 0 Å². The molecule has 4 aromatic rings. The molecule has 8 heteroatoms. The van der Waals surface area contributed by atoms with Crippen molar-refractivity contribution >= 4 is 33.6 Å². The van der Waals surface area contributed by atoms with Crippen molar-refractivity contribution in [3.63, 3.8) is 0 Å². The highest BCUT2D eigenvalue weighted by Crippen LogP contribution is 2.32. The SMILES string of the molecule is CCOC(=O)c1[nH]c2c(c1O)c(=O)n(CC(=O)c1ccccc1)c1ccc(F)cc21. The van der Waals surface area contributed by atoms with E-state index in [4.69, 9.17) is 4.74 Å². The standard InChI is InChI=1S/C22H17FN2O5/c1-2-30-22(29)19-20(27)17-18(24-19)14-10-13(23)8-9-15(14)25(21(17)28)11-16(26)12-6-4-3-5-7-12/h3-10,24,27H,2,11H2,1H3. The van der Waals surface area contributed by atoms with E-state index in [2.05, 4.69) is 4.98 Å². The molecule has 152 valence electrons. The third kappa shape index (κ3) is 3.12. The summed E-state index contributed by atoms with van der Waals surface area (Å²) in [5.74, 6) is -2.35. The van der Waals surface area contributed by atoms with Gasteiger partial charge in [0, 0.05) is 10.9 Å². The van der Waals surface area contributed by atoms with Crippen LogP contribution in [0.2, 0.25) is 0 Å². The molecule has 2 aromatic carbocycles. The van der Waals surface area contributed by atoms with E-state index in [-0.39, 0.29) is 46.4 Å². The minimum absolute atomic E-state index is 0.0683. The summed E-state index contributed by atoms with van der Waals surface area (Å²) in [6.07, 6.45) is 0. The molecule has 0 aliphatic rings. The lowest BCUT2D eigenvalue weighted by atomic mass is 10.1. The number of fused-ring (bicyclic) bond motifs is 3. The van der Waals surface area contributed by atoms with Crippen LogP contribution in [-0.4, -0.2) is 33.0 Å². The van der Waals surface area contributed by atoms with Crippen LogP contribution >= 0.6 is 0 Å². The lowest BCUT2D eigenvalue weighted by Gasteiger charge is -2.11. The highest BCUT2D eigenvalue weighted by Gasteiger charge is 2.25. The number of hydrogen-bond acceptors (Lipinski definition) is 5. The van der Waals surface area contributed by atoms with Crippen LogP contribution in [0.1, 0.15) is 27.8 Å². The lowest BCUT2D eigenvalue weighted by molar-refractivity contribution is 0.0517. The largest absolute Gasteiger partial charge is 0.505 e. The summed E-state index contributed by atoms with van der Waals surface area (Å²) in [5.41, 5.74) is -0.196. The molecule has 0 amide bonds. The van der Waals surface area contributed by atoms with Crippen molar-refractivity contribution in [3.8, 4) is 5.75 Å². The van der Waals surface area contributed by atoms with E-state index in [1.807, 2.05) is 0 Å². The number of carbonyl (C=O) groups excluding carboxylic acids is 2. The monoisotopic (exact) mass is 408 g/mol. The zero-order valence-electron chi connectivity index (χ0n) is 15.9. The first-order chi connectivity index (χ1) is 14.4. The van der Waals surface area contributed by atoms with Crippen molar-refractivity contribution < 1.29 is 23.8 Å². The van der Waals surface area contributed by atoms with Gasteiger partial charge in [0.15, 0.2) is 17.2 Å². The molecule has 4 rings (SSSR count). The number of H-pyrrole nitrogens is 1. The second kappa shape index (κ2) is 7.47. The number of aromatic hydroxyl groups is 1. The molecule has 2 aromatic heterocycles. The Balaban J connectivity index is 1.99. The summed E-state index contributed by atoms with van der Waals surface area (Å²) in [6.45, 7) is 1.35. The molecule has 30 heavy (non-hydrogen) atoms. The van der Waals surface area contributed by atoms with Crippen molar-refractivity contribution in [2.24, 2.45) is 0 Å². The first-order valence-electron chi connectivity index (χ1n) is 9.24. The fourth-order valence-corrected chi connectivity index (χ4v) is 3.46. The van der Waals surface area contributed by atoms with Gasteiger partial charge in [-0.15, -0.1) is 0 Å². The summed E-state index contributed by atoms with van der Waals surface area (Å²) < 4.78 is 20.0. The molecule has 0 fully saturated rings. The minimum atomic E-state index is -0.845. The first kappa shape index (κ1) is 19.4. The van der Waals surface area contributed by atoms with Gasteiger partial charge >= 0.3 is 5.97 Å². The number of rotatable bonds is 5. The van der Waals surface area contributed by atoms with Crippen molar-refractivity contribution in [2.75, 3.05) is 6.61 Å². The fourth-order valence-electron chi connectivity index (χ4n) is 3.46. The van der Waals surface area contributed by atoms with Crippen LogP contribution in [0, 0.1) is 5.82 Å². The number of aromatic amines is 1. The van der Waals surface area contributed by atoms with E-state index in [9.17, 15) is 23.9 Å². The molecule has 0 bridgehead atoms. The molecule has 0 aliphatic carbocycles. The van der Waals surface area contributed by atoms with Gasteiger partial charge in [-0.2, -0.15) is 0 Å². The molecule has 0 aliphatic heterocycles. The normalized spacial score (nSPS) is 11.1. The number of Topliss-reactive ketones (excluding diaryl/α,β-unsaturated/α-hetero) is 1. The molecular weight excluding hydrogens is 391 g/mol. The average molecular weight is 408 g/mol. The van der Waals surface area contributed by atoms with E-state index in [1.165, 1.54) is 18.2 Å². The van der Waals surface area contributed by atoms with Gasteiger partial charge in [0.25, 0.3) is 5.56 Å². The third-order valence-corrected chi connectivity index (χ3v) is 4.83. The molecule has 0 spiro atoms. The van der Waals surface area contributed by atoms with Crippen molar-refractivity contribution in [2.45, 2.75) is 13.5 Å². The second-order valence-corrected chi connectivity index (χ2v) is 6.66. The quantitative estimate of drug-likeness (QED) is 0.389. The Hall–Kier alpha value is -3.94. The first-order valence-corrected chi connectivity index (χ1v) is 9.24. The second-order valence-electron chi connectivity index (χ2n) is 6.66. The van der Waals surface area contributed by atoms with Crippen LogP contribution in [0.3, 0.4) is 0 Å². The minimum Gasteiger partial charge on any atom is -0.505 e. The summed E-state index contributed by atoms with van der Waals surface area (Å²) in [4.78, 5) is 40.7. The van der Waals surface area contributed by atoms with Crippen LogP contribution in [0.25, 0.3) is 21.8 Å². The van der Waals surface area contributed by atoms with Crippen molar-refractivity contribution in [1.82, 2.24) is 9.55 Å². The van der Waals surface area contributed by atoms with Gasteiger partial charge in [-0.05, 0) is 25.1 Å². The molecule has 0 unspecified atom stereocenters. The number of ketones is 1. The van der Waals surface area contributed by atoms with Crippen molar-refractivity contribution in [3.05, 3.63) is 76.0 Å². The number of hydrogen-bond donors (Lipinski definition) is 2.